The largest absolute Gasteiger partial charge is 0.487 e. The van der Waals surface area contributed by atoms with E-state index in [9.17, 15) is 8.78 Å². The number of nitrogens with zero attached hydrogens (tertiary/aromatic N) is 1. The zero-order valence-electron chi connectivity index (χ0n) is 9.86. The first-order valence-electron chi connectivity index (χ1n) is 5.47. The summed E-state index contributed by atoms with van der Waals surface area (Å²) in [5, 5.41) is 8.83. The molecule has 2 rings (SSSR count). The molecule has 96 valence electrons. The van der Waals surface area contributed by atoms with Crippen molar-refractivity contribution in [3.8, 4) is 11.8 Å². The van der Waals surface area contributed by atoms with Gasteiger partial charge < -0.3 is 10.5 Å². The number of hydrogen-bond acceptors (Lipinski definition) is 3. The lowest BCUT2D eigenvalue weighted by Gasteiger charge is -2.09. The number of ether oxygens (including phenoxy) is 1. The highest BCUT2D eigenvalue weighted by Crippen LogP contribution is 2.22. The molecule has 0 fully saturated rings. The highest BCUT2D eigenvalue weighted by molar-refractivity contribution is 5.44. The Morgan fingerprint density at radius 3 is 2.63 bits per heavy atom. The molecule has 0 aliphatic rings. The molecule has 2 aromatic rings. The van der Waals surface area contributed by atoms with Gasteiger partial charge in [-0.25, -0.2) is 8.78 Å². The predicted octanol–water partition coefficient (Wildman–Crippen LogP) is 3.00. The summed E-state index contributed by atoms with van der Waals surface area (Å²) in [5.74, 6) is -1.09. The monoisotopic (exact) mass is 260 g/mol. The molecule has 5 heteroatoms. The SMILES string of the molecule is N#Cc1c(F)cccc1OCc1ccc(N)cc1F. The summed E-state index contributed by atoms with van der Waals surface area (Å²) >= 11 is 0. The van der Waals surface area contributed by atoms with E-state index in [0.29, 0.717) is 5.69 Å². The summed E-state index contributed by atoms with van der Waals surface area (Å²) in [7, 11) is 0. The molecule has 0 saturated carbocycles. The van der Waals surface area contributed by atoms with Crippen LogP contribution >= 0.6 is 0 Å². The normalized spacial score (nSPS) is 9.95. The fourth-order valence-corrected chi connectivity index (χ4v) is 1.57. The van der Waals surface area contributed by atoms with Crippen LogP contribution in [0, 0.1) is 23.0 Å². The van der Waals surface area contributed by atoms with Gasteiger partial charge in [-0.3, -0.25) is 0 Å². The first-order chi connectivity index (χ1) is 9.11. The van der Waals surface area contributed by atoms with E-state index in [4.69, 9.17) is 15.7 Å². The first kappa shape index (κ1) is 12.8. The molecule has 19 heavy (non-hydrogen) atoms. The Labute approximate surface area is 108 Å². The molecule has 2 aromatic carbocycles. The second-order valence-corrected chi connectivity index (χ2v) is 3.86. The zero-order chi connectivity index (χ0) is 13.8. The summed E-state index contributed by atoms with van der Waals surface area (Å²) in [6, 6.07) is 9.95. The van der Waals surface area contributed by atoms with E-state index in [1.807, 2.05) is 0 Å². The van der Waals surface area contributed by atoms with E-state index in [0.717, 1.165) is 6.07 Å². The van der Waals surface area contributed by atoms with Gasteiger partial charge in [0.2, 0.25) is 0 Å². The van der Waals surface area contributed by atoms with Crippen LogP contribution in [0.3, 0.4) is 0 Å². The molecule has 0 aliphatic heterocycles. The maximum atomic E-state index is 13.5. The molecule has 0 saturated heterocycles. The van der Waals surface area contributed by atoms with E-state index in [2.05, 4.69) is 0 Å². The van der Waals surface area contributed by atoms with Crippen LogP contribution in [-0.4, -0.2) is 0 Å². The topological polar surface area (TPSA) is 59.0 Å². The number of nitrogens with two attached hydrogens (primary N) is 1. The standard InChI is InChI=1S/C14H10F2N2O/c15-12-2-1-3-14(11(12)7-17)19-8-9-4-5-10(18)6-13(9)16/h1-6H,8,18H2. The van der Waals surface area contributed by atoms with Gasteiger partial charge in [0.25, 0.3) is 0 Å². The van der Waals surface area contributed by atoms with Gasteiger partial charge in [0.05, 0.1) is 0 Å². The van der Waals surface area contributed by atoms with Crippen molar-refractivity contribution in [1.82, 2.24) is 0 Å². The number of nitrogen functional groups attached to an aromatic ring is 1. The number of rotatable bonds is 3. The van der Waals surface area contributed by atoms with E-state index in [1.165, 1.54) is 24.3 Å². The van der Waals surface area contributed by atoms with Gasteiger partial charge in [-0.1, -0.05) is 12.1 Å². The van der Waals surface area contributed by atoms with Crippen molar-refractivity contribution in [3.05, 3.63) is 59.2 Å². The lowest BCUT2D eigenvalue weighted by Crippen LogP contribution is -2.01. The van der Waals surface area contributed by atoms with E-state index in [1.54, 1.807) is 12.1 Å². The molecule has 3 nitrogen and oxygen atoms in total. The number of halogens is 2. The second-order valence-electron chi connectivity index (χ2n) is 3.86. The summed E-state index contributed by atoms with van der Waals surface area (Å²) in [4.78, 5) is 0. The maximum Gasteiger partial charge on any atom is 0.144 e. The highest BCUT2D eigenvalue weighted by Gasteiger charge is 2.10. The molecule has 0 bridgehead atoms. The van der Waals surface area contributed by atoms with Crippen LogP contribution in [0.4, 0.5) is 14.5 Å². The zero-order valence-corrected chi connectivity index (χ0v) is 9.86. The van der Waals surface area contributed by atoms with Crippen LogP contribution in [0.15, 0.2) is 36.4 Å². The Balaban J connectivity index is 2.20. The van der Waals surface area contributed by atoms with Crippen molar-refractivity contribution in [2.24, 2.45) is 0 Å². The van der Waals surface area contributed by atoms with Crippen molar-refractivity contribution in [3.63, 3.8) is 0 Å². The maximum absolute atomic E-state index is 13.5. The van der Waals surface area contributed by atoms with Crippen molar-refractivity contribution in [1.29, 1.82) is 5.26 Å². The first-order valence-corrected chi connectivity index (χ1v) is 5.47. The molecule has 0 radical (unpaired) electrons. The van der Waals surface area contributed by atoms with Gasteiger partial charge in [-0.15, -0.1) is 0 Å². The Morgan fingerprint density at radius 2 is 1.95 bits per heavy atom. The molecule has 0 aliphatic carbocycles. The molecule has 0 spiro atoms. The van der Waals surface area contributed by atoms with Gasteiger partial charge >= 0.3 is 0 Å². The predicted molar refractivity (Wildman–Crippen MR) is 66.3 cm³/mol. The Hall–Kier alpha value is -2.61. The summed E-state index contributed by atoms with van der Waals surface area (Å²) in [6.07, 6.45) is 0. The van der Waals surface area contributed by atoms with Gasteiger partial charge in [0.15, 0.2) is 0 Å². The minimum absolute atomic E-state index is 0.0822. The van der Waals surface area contributed by atoms with E-state index >= 15 is 0 Å². The fourth-order valence-electron chi connectivity index (χ4n) is 1.57. The molecule has 2 N–H and O–H groups in total. The minimum atomic E-state index is -0.669. The number of nitriles is 1. The Bertz CT molecular complexity index is 650. The Kier molecular flexibility index (Phi) is 3.62. The summed E-state index contributed by atoms with van der Waals surface area (Å²) < 4.78 is 32.1. The van der Waals surface area contributed by atoms with Crippen molar-refractivity contribution in [2.75, 3.05) is 5.73 Å². The quantitative estimate of drug-likeness (QED) is 0.863. The number of benzene rings is 2. The lowest BCUT2D eigenvalue weighted by atomic mass is 10.2. The van der Waals surface area contributed by atoms with Gasteiger partial charge in [-0.2, -0.15) is 5.26 Å². The van der Waals surface area contributed by atoms with Crippen LogP contribution in [0.25, 0.3) is 0 Å². The van der Waals surface area contributed by atoms with Crippen LogP contribution < -0.4 is 10.5 Å². The molecular formula is C14H10F2N2O. The molecule has 0 unspecified atom stereocenters. The minimum Gasteiger partial charge on any atom is -0.487 e. The average Bonchev–Trinajstić information content (AvgIpc) is 2.38. The smallest absolute Gasteiger partial charge is 0.144 e. The van der Waals surface area contributed by atoms with Gasteiger partial charge in [-0.05, 0) is 24.3 Å². The van der Waals surface area contributed by atoms with Crippen LogP contribution in [0.5, 0.6) is 5.75 Å². The lowest BCUT2D eigenvalue weighted by molar-refractivity contribution is 0.297. The average molecular weight is 260 g/mol. The molecule has 0 amide bonds. The summed E-state index contributed by atoms with van der Waals surface area (Å²) in [6.45, 7) is -0.107. The van der Waals surface area contributed by atoms with Crippen LogP contribution in [0.1, 0.15) is 11.1 Å². The molecule has 0 aromatic heterocycles. The molecular weight excluding hydrogens is 250 g/mol. The molecule has 0 heterocycles. The number of hydrogen-bond donors (Lipinski definition) is 1. The number of anilines is 1. The second kappa shape index (κ2) is 5.36. The van der Waals surface area contributed by atoms with Gasteiger partial charge in [0, 0.05) is 11.3 Å². The third-order valence-electron chi connectivity index (χ3n) is 2.55. The van der Waals surface area contributed by atoms with Crippen molar-refractivity contribution in [2.45, 2.75) is 6.61 Å². The van der Waals surface area contributed by atoms with E-state index in [-0.39, 0.29) is 23.5 Å². The van der Waals surface area contributed by atoms with Crippen molar-refractivity contribution >= 4 is 5.69 Å². The highest BCUT2D eigenvalue weighted by atomic mass is 19.1. The fraction of sp³-hybridized carbons (Fsp3) is 0.0714. The van der Waals surface area contributed by atoms with E-state index < -0.39 is 11.6 Å². The van der Waals surface area contributed by atoms with Crippen LogP contribution in [-0.2, 0) is 6.61 Å². The van der Waals surface area contributed by atoms with Crippen LogP contribution in [0.2, 0.25) is 0 Å². The van der Waals surface area contributed by atoms with Gasteiger partial charge in [0.1, 0.15) is 35.6 Å². The summed E-state index contributed by atoms with van der Waals surface area (Å²) in [5.41, 5.74) is 5.82. The third kappa shape index (κ3) is 2.80. The van der Waals surface area contributed by atoms with Crippen molar-refractivity contribution < 1.29 is 13.5 Å². The molecule has 0 atom stereocenters. The Morgan fingerprint density at radius 1 is 1.16 bits per heavy atom. The third-order valence-corrected chi connectivity index (χ3v) is 2.55.